The number of hydrogen-bond acceptors (Lipinski definition) is 3. The Morgan fingerprint density at radius 3 is 2.60 bits per heavy atom. The molecule has 35 heavy (non-hydrogen) atoms. The van der Waals surface area contributed by atoms with Gasteiger partial charge in [-0.3, -0.25) is 4.90 Å². The average Bonchev–Trinajstić information content (AvgIpc) is 2.78. The van der Waals surface area contributed by atoms with Gasteiger partial charge in [0.25, 0.3) is 0 Å². The maximum Gasteiger partial charge on any atom is 0.129 e. The molecule has 3 rings (SSSR count). The Hall–Kier alpha value is -3.37. The number of aliphatic hydroxyl groups is 1. The first-order valence-corrected chi connectivity index (χ1v) is 12.2. The molecule has 0 saturated carbocycles. The summed E-state index contributed by atoms with van der Waals surface area (Å²) in [4.78, 5) is 2.21. The summed E-state index contributed by atoms with van der Waals surface area (Å²) < 4.78 is 19.6. The highest BCUT2D eigenvalue weighted by molar-refractivity contribution is 5.55. The van der Waals surface area contributed by atoms with Gasteiger partial charge < -0.3 is 9.84 Å². The van der Waals surface area contributed by atoms with Crippen molar-refractivity contribution in [3.8, 4) is 5.75 Å². The van der Waals surface area contributed by atoms with Crippen molar-refractivity contribution in [3.63, 3.8) is 0 Å². The molecule has 0 bridgehead atoms. The zero-order valence-corrected chi connectivity index (χ0v) is 21.0. The van der Waals surface area contributed by atoms with Gasteiger partial charge in [-0.25, -0.2) is 4.39 Å². The average molecular weight is 474 g/mol. The smallest absolute Gasteiger partial charge is 0.129 e. The number of aryl methyl sites for hydroxylation is 1. The maximum atomic E-state index is 13.6. The Kier molecular flexibility index (Phi) is 9.68. The number of nitrogens with zero attached hydrogens (tertiary/aromatic N) is 1. The minimum atomic E-state index is -0.219. The molecule has 4 heteroatoms. The third-order valence-electron chi connectivity index (χ3n) is 5.88. The van der Waals surface area contributed by atoms with Crippen LogP contribution in [0, 0.1) is 12.8 Å². The van der Waals surface area contributed by atoms with E-state index >= 15 is 0 Å². The van der Waals surface area contributed by atoms with Gasteiger partial charge in [0, 0.05) is 32.0 Å². The van der Waals surface area contributed by atoms with Crippen LogP contribution in [0.1, 0.15) is 37.0 Å². The van der Waals surface area contributed by atoms with E-state index in [4.69, 9.17) is 4.74 Å². The summed E-state index contributed by atoms with van der Waals surface area (Å²) in [7, 11) is 0. The Balaban J connectivity index is 1.59. The fraction of sp³-hybridized carbons (Fsp3) is 0.290. The van der Waals surface area contributed by atoms with E-state index in [0.29, 0.717) is 24.5 Å². The largest absolute Gasteiger partial charge is 0.512 e. The quantitative estimate of drug-likeness (QED) is 0.268. The summed E-state index contributed by atoms with van der Waals surface area (Å²) in [6.07, 6.45) is 10.8. The molecule has 0 spiro atoms. The molecule has 0 unspecified atom stereocenters. The molecule has 0 radical (unpaired) electrons. The first kappa shape index (κ1) is 26.2. The summed E-state index contributed by atoms with van der Waals surface area (Å²) >= 11 is 0. The fourth-order valence-electron chi connectivity index (χ4n) is 4.11. The molecular weight excluding hydrogens is 437 g/mol. The van der Waals surface area contributed by atoms with E-state index in [1.165, 1.54) is 6.92 Å². The van der Waals surface area contributed by atoms with Crippen molar-refractivity contribution >= 4 is 6.08 Å². The topological polar surface area (TPSA) is 32.7 Å². The summed E-state index contributed by atoms with van der Waals surface area (Å²) in [6.45, 7) is 11.8. The van der Waals surface area contributed by atoms with Gasteiger partial charge in [-0.05, 0) is 66.8 Å². The molecule has 1 aliphatic heterocycles. The molecule has 1 N–H and O–H groups in total. The number of allylic oxidation sites excluding steroid dienone is 5. The molecule has 2 aromatic rings. The van der Waals surface area contributed by atoms with Crippen LogP contribution in [-0.4, -0.2) is 29.6 Å². The summed E-state index contributed by atoms with van der Waals surface area (Å²) in [5.41, 5.74) is 4.13. The lowest BCUT2D eigenvalue weighted by atomic mass is 9.96. The van der Waals surface area contributed by atoms with Crippen LogP contribution in [0.3, 0.4) is 0 Å². The summed E-state index contributed by atoms with van der Waals surface area (Å²) in [5.74, 6) is 1.94. The van der Waals surface area contributed by atoms with Crippen LogP contribution < -0.4 is 4.74 Å². The molecule has 0 aliphatic carbocycles. The Bertz CT molecular complexity index is 1120. The van der Waals surface area contributed by atoms with Crippen LogP contribution in [0.15, 0.2) is 102 Å². The maximum absolute atomic E-state index is 13.6. The van der Waals surface area contributed by atoms with Gasteiger partial charge in [-0.2, -0.15) is 0 Å². The van der Waals surface area contributed by atoms with Gasteiger partial charge in [-0.1, -0.05) is 68.1 Å². The highest BCUT2D eigenvalue weighted by Gasteiger charge is 2.29. The molecule has 1 fully saturated rings. The lowest BCUT2D eigenvalue weighted by Gasteiger charge is -2.39. The predicted octanol–water partition coefficient (Wildman–Crippen LogP) is 7.73. The van der Waals surface area contributed by atoms with Gasteiger partial charge in [0.1, 0.15) is 11.5 Å². The third kappa shape index (κ3) is 8.41. The van der Waals surface area contributed by atoms with E-state index in [9.17, 15) is 9.50 Å². The standard InChI is InChI=1S/C31H36FNO2/c1-5-10-30(34)29-21-33(22-29)20-28(18-24(3)32)14-9-13-27-15-16-31(23(2)17-27)35-25(4)19-26-11-7-6-8-12-26/h6-18,29,34H,4-5,19-22H2,1-3H3/b13-9+,24-18+,28-14+,30-10-. The van der Waals surface area contributed by atoms with E-state index in [-0.39, 0.29) is 11.7 Å². The molecule has 0 atom stereocenters. The van der Waals surface area contributed by atoms with Gasteiger partial charge in [-0.15, -0.1) is 0 Å². The number of benzene rings is 2. The van der Waals surface area contributed by atoms with Gasteiger partial charge in [0.2, 0.25) is 0 Å². The van der Waals surface area contributed by atoms with Crippen molar-refractivity contribution in [1.29, 1.82) is 0 Å². The highest BCUT2D eigenvalue weighted by atomic mass is 19.1. The normalized spacial score (nSPS) is 15.9. The first-order valence-electron chi connectivity index (χ1n) is 12.2. The van der Waals surface area contributed by atoms with E-state index < -0.39 is 0 Å². The number of likely N-dealkylation sites (tertiary alicyclic amines) is 1. The molecule has 0 amide bonds. The number of aliphatic hydroxyl groups excluding tert-OH is 1. The lowest BCUT2D eigenvalue weighted by molar-refractivity contribution is 0.103. The zero-order valence-electron chi connectivity index (χ0n) is 21.0. The summed E-state index contributed by atoms with van der Waals surface area (Å²) in [5, 5.41) is 10.0. The van der Waals surface area contributed by atoms with E-state index in [1.54, 1.807) is 6.08 Å². The number of halogens is 1. The molecule has 0 aromatic heterocycles. The predicted molar refractivity (Wildman–Crippen MR) is 144 cm³/mol. The van der Waals surface area contributed by atoms with Gasteiger partial charge in [0.15, 0.2) is 0 Å². The van der Waals surface area contributed by atoms with Crippen LogP contribution in [0.25, 0.3) is 6.08 Å². The third-order valence-corrected chi connectivity index (χ3v) is 5.88. The second kappa shape index (κ2) is 12.9. The van der Waals surface area contributed by atoms with Crippen molar-refractivity contribution in [3.05, 3.63) is 119 Å². The first-order chi connectivity index (χ1) is 16.8. The Morgan fingerprint density at radius 2 is 1.94 bits per heavy atom. The minimum absolute atomic E-state index is 0.190. The Labute approximate surface area is 209 Å². The lowest BCUT2D eigenvalue weighted by Crippen LogP contribution is -2.48. The molecule has 184 valence electrons. The van der Waals surface area contributed by atoms with E-state index in [2.05, 4.69) is 29.7 Å². The van der Waals surface area contributed by atoms with Crippen LogP contribution in [0.2, 0.25) is 0 Å². The zero-order chi connectivity index (χ0) is 25.2. The van der Waals surface area contributed by atoms with Crippen molar-refractivity contribution < 1.29 is 14.2 Å². The van der Waals surface area contributed by atoms with Gasteiger partial charge in [0.05, 0.1) is 11.6 Å². The van der Waals surface area contributed by atoms with E-state index in [0.717, 1.165) is 47.5 Å². The van der Waals surface area contributed by atoms with Crippen molar-refractivity contribution in [2.75, 3.05) is 19.6 Å². The number of rotatable bonds is 11. The van der Waals surface area contributed by atoms with Crippen molar-refractivity contribution in [1.82, 2.24) is 4.90 Å². The monoisotopic (exact) mass is 473 g/mol. The van der Waals surface area contributed by atoms with Crippen LogP contribution in [0.5, 0.6) is 5.75 Å². The second-order valence-electron chi connectivity index (χ2n) is 9.09. The van der Waals surface area contributed by atoms with Crippen LogP contribution in [-0.2, 0) is 6.42 Å². The fourth-order valence-corrected chi connectivity index (χ4v) is 4.11. The van der Waals surface area contributed by atoms with Crippen molar-refractivity contribution in [2.24, 2.45) is 5.92 Å². The molecule has 1 heterocycles. The minimum Gasteiger partial charge on any atom is -0.512 e. The molecule has 2 aromatic carbocycles. The second-order valence-corrected chi connectivity index (χ2v) is 9.09. The summed E-state index contributed by atoms with van der Waals surface area (Å²) in [6, 6.07) is 16.2. The number of ether oxygens (including phenoxy) is 1. The van der Waals surface area contributed by atoms with E-state index in [1.807, 2.05) is 68.5 Å². The van der Waals surface area contributed by atoms with Crippen LogP contribution >= 0.6 is 0 Å². The Morgan fingerprint density at radius 1 is 1.20 bits per heavy atom. The molecular formula is C31H36FNO2. The van der Waals surface area contributed by atoms with Crippen molar-refractivity contribution in [2.45, 2.75) is 33.6 Å². The SMILES string of the molecule is C=C(Cc1ccccc1)Oc1ccc(/C=C/C=C(\C=C(/C)F)CN2CC(/C(O)=C/CC)C2)cc1C. The van der Waals surface area contributed by atoms with Crippen LogP contribution in [0.4, 0.5) is 4.39 Å². The highest BCUT2D eigenvalue weighted by Crippen LogP contribution is 2.25. The number of hydrogen-bond donors (Lipinski definition) is 1. The van der Waals surface area contributed by atoms with Gasteiger partial charge >= 0.3 is 0 Å². The molecule has 3 nitrogen and oxygen atoms in total. The molecule has 1 saturated heterocycles. The molecule has 1 aliphatic rings.